The van der Waals surface area contributed by atoms with Crippen molar-refractivity contribution in [3.63, 3.8) is 0 Å². The summed E-state index contributed by atoms with van der Waals surface area (Å²) >= 11 is 0. The van der Waals surface area contributed by atoms with Crippen LogP contribution in [0.2, 0.25) is 0 Å². The quantitative estimate of drug-likeness (QED) is 0.280. The van der Waals surface area contributed by atoms with Gasteiger partial charge in [-0.25, -0.2) is 4.39 Å². The Balaban J connectivity index is 1.75. The van der Waals surface area contributed by atoms with Gasteiger partial charge < -0.3 is 20.9 Å². The van der Waals surface area contributed by atoms with Crippen LogP contribution >= 0.6 is 0 Å². The van der Waals surface area contributed by atoms with Crippen molar-refractivity contribution >= 4 is 34.8 Å². The van der Waals surface area contributed by atoms with Crippen molar-refractivity contribution in [2.24, 2.45) is 23.5 Å². The van der Waals surface area contributed by atoms with Crippen LogP contribution in [0.4, 0.5) is 21.5 Å². The number of halogens is 1. The fourth-order valence-corrected chi connectivity index (χ4v) is 5.69. The molecule has 0 spiro atoms. The number of anilines is 3. The molecule has 3 atom stereocenters. The fraction of sp³-hybridized carbons (Fsp3) is 0.382. The van der Waals surface area contributed by atoms with Gasteiger partial charge in [-0.1, -0.05) is 76.1 Å². The molecule has 0 radical (unpaired) electrons. The molecule has 0 saturated carbocycles. The van der Waals surface area contributed by atoms with E-state index in [1.54, 1.807) is 17.0 Å². The number of nitrogens with one attached hydrogen (secondary N) is 1. The minimum Gasteiger partial charge on any atom is -0.369 e. The monoisotopic (exact) mass is 572 g/mol. The third kappa shape index (κ3) is 7.35. The molecular weight excluding hydrogens is 531 g/mol. The van der Waals surface area contributed by atoms with Crippen LogP contribution < -0.4 is 20.9 Å². The third-order valence-corrected chi connectivity index (χ3v) is 7.81. The van der Waals surface area contributed by atoms with Crippen molar-refractivity contribution in [3.8, 4) is 0 Å². The number of nitrogens with zero attached hydrogens (tertiary/aromatic N) is 2. The number of primary amides is 1. The van der Waals surface area contributed by atoms with Crippen LogP contribution in [0.25, 0.3) is 0 Å². The van der Waals surface area contributed by atoms with Crippen LogP contribution in [-0.2, 0) is 20.9 Å². The molecule has 0 aromatic heterocycles. The molecule has 0 aliphatic carbocycles. The van der Waals surface area contributed by atoms with E-state index in [2.05, 4.69) is 5.32 Å². The van der Waals surface area contributed by atoms with E-state index in [4.69, 9.17) is 5.73 Å². The van der Waals surface area contributed by atoms with E-state index in [-0.39, 0.29) is 36.6 Å². The SMILES string of the molecule is CCCC[C@H](C(N)=O)[C@@H](CC(C)C)C(=O)NC1CN(c2ccccc2)c2ccccc2N(Cc2ccc(F)cc2)C1=O. The Bertz CT molecular complexity index is 1360. The molecule has 8 heteroatoms. The number of fused-ring (bicyclic) bond motifs is 1. The normalized spacial score (nSPS) is 16.5. The summed E-state index contributed by atoms with van der Waals surface area (Å²) in [5.74, 6) is -2.60. The van der Waals surface area contributed by atoms with Gasteiger partial charge >= 0.3 is 0 Å². The molecule has 7 nitrogen and oxygen atoms in total. The highest BCUT2D eigenvalue weighted by molar-refractivity contribution is 6.04. The van der Waals surface area contributed by atoms with Gasteiger partial charge in [-0.15, -0.1) is 0 Å². The van der Waals surface area contributed by atoms with Gasteiger partial charge in [0, 0.05) is 17.5 Å². The summed E-state index contributed by atoms with van der Waals surface area (Å²) in [6, 6.07) is 22.5. The van der Waals surface area contributed by atoms with E-state index in [0.717, 1.165) is 29.8 Å². The standard InChI is InChI=1S/C34H41FN4O3/c1-4-5-13-27(32(36)40)28(20-23(2)3)33(41)37-29-22-38(26-11-7-6-8-12-26)30-14-9-10-15-31(30)39(34(29)42)21-24-16-18-25(35)19-17-24/h6-12,14-19,23,27-29H,4-5,13,20-22H2,1-3H3,(H2,36,40)(H,37,41)/t27-,28+,29?/m0/s1. The predicted octanol–water partition coefficient (Wildman–Crippen LogP) is 5.95. The Hall–Kier alpha value is -4.20. The number of rotatable bonds is 12. The average Bonchev–Trinajstić information content (AvgIpc) is 3.08. The van der Waals surface area contributed by atoms with Crippen molar-refractivity contribution in [2.75, 3.05) is 16.3 Å². The molecule has 0 saturated heterocycles. The molecule has 0 bridgehead atoms. The van der Waals surface area contributed by atoms with E-state index in [9.17, 15) is 18.8 Å². The molecule has 3 aromatic rings. The van der Waals surface area contributed by atoms with Crippen LogP contribution in [0.15, 0.2) is 78.9 Å². The van der Waals surface area contributed by atoms with E-state index in [0.29, 0.717) is 18.5 Å². The number of hydrogen-bond acceptors (Lipinski definition) is 4. The Morgan fingerprint density at radius 2 is 1.60 bits per heavy atom. The van der Waals surface area contributed by atoms with Gasteiger partial charge in [0.25, 0.3) is 5.91 Å². The number of amides is 3. The topological polar surface area (TPSA) is 95.7 Å². The average molecular weight is 573 g/mol. The number of benzene rings is 3. The van der Waals surface area contributed by atoms with Crippen LogP contribution in [-0.4, -0.2) is 30.3 Å². The van der Waals surface area contributed by atoms with Crippen molar-refractivity contribution in [2.45, 2.75) is 59.0 Å². The zero-order valence-electron chi connectivity index (χ0n) is 24.6. The van der Waals surface area contributed by atoms with E-state index < -0.39 is 23.8 Å². The van der Waals surface area contributed by atoms with Gasteiger partial charge in [0.2, 0.25) is 11.8 Å². The first-order valence-electron chi connectivity index (χ1n) is 14.8. The van der Waals surface area contributed by atoms with Gasteiger partial charge in [-0.05, 0) is 60.7 Å². The number of nitrogens with two attached hydrogens (primary N) is 1. The van der Waals surface area contributed by atoms with Gasteiger partial charge in [0.15, 0.2) is 0 Å². The summed E-state index contributed by atoms with van der Waals surface area (Å²) < 4.78 is 13.7. The Morgan fingerprint density at radius 1 is 0.952 bits per heavy atom. The second-order valence-corrected chi connectivity index (χ2v) is 11.4. The number of carbonyl (C=O) groups excluding carboxylic acids is 3. The molecule has 3 N–H and O–H groups in total. The van der Waals surface area contributed by atoms with Gasteiger partial charge in [0.1, 0.15) is 11.9 Å². The van der Waals surface area contributed by atoms with Gasteiger partial charge in [-0.3, -0.25) is 14.4 Å². The summed E-state index contributed by atoms with van der Waals surface area (Å²) in [5.41, 5.74) is 8.95. The lowest BCUT2D eigenvalue weighted by Crippen LogP contribution is -2.54. The number of carbonyl (C=O) groups is 3. The molecule has 3 aromatic carbocycles. The minimum atomic E-state index is -0.917. The smallest absolute Gasteiger partial charge is 0.251 e. The summed E-state index contributed by atoms with van der Waals surface area (Å²) in [4.78, 5) is 44.5. The number of hydrogen-bond donors (Lipinski definition) is 2. The molecule has 1 aliphatic rings. The molecule has 4 rings (SSSR count). The van der Waals surface area contributed by atoms with Crippen molar-refractivity contribution in [3.05, 3.63) is 90.2 Å². The summed E-state index contributed by atoms with van der Waals surface area (Å²) in [6.45, 7) is 6.43. The van der Waals surface area contributed by atoms with Crippen LogP contribution in [0.5, 0.6) is 0 Å². The lowest BCUT2D eigenvalue weighted by molar-refractivity contribution is -0.136. The Kier molecular flexibility index (Phi) is 10.3. The largest absolute Gasteiger partial charge is 0.369 e. The molecule has 0 fully saturated rings. The number of unbranched alkanes of at least 4 members (excludes halogenated alkanes) is 1. The van der Waals surface area contributed by atoms with Crippen LogP contribution in [0.3, 0.4) is 0 Å². The molecule has 1 unspecified atom stereocenters. The van der Waals surface area contributed by atoms with Crippen molar-refractivity contribution < 1.29 is 18.8 Å². The summed E-state index contributed by atoms with van der Waals surface area (Å²) in [5, 5.41) is 3.05. The Labute approximate surface area is 247 Å². The maximum absolute atomic E-state index is 14.3. The van der Waals surface area contributed by atoms with Crippen LogP contribution in [0, 0.1) is 23.6 Å². The van der Waals surface area contributed by atoms with Crippen molar-refractivity contribution in [1.82, 2.24) is 5.32 Å². The van der Waals surface area contributed by atoms with E-state index in [1.165, 1.54) is 12.1 Å². The maximum Gasteiger partial charge on any atom is 0.251 e. The maximum atomic E-state index is 14.3. The van der Waals surface area contributed by atoms with E-state index >= 15 is 0 Å². The highest BCUT2D eigenvalue weighted by Gasteiger charge is 2.39. The van der Waals surface area contributed by atoms with E-state index in [1.807, 2.05) is 80.3 Å². The highest BCUT2D eigenvalue weighted by Crippen LogP contribution is 2.38. The van der Waals surface area contributed by atoms with Gasteiger partial charge in [0.05, 0.1) is 24.5 Å². The minimum absolute atomic E-state index is 0.147. The van der Waals surface area contributed by atoms with Crippen molar-refractivity contribution in [1.29, 1.82) is 0 Å². The Morgan fingerprint density at radius 3 is 2.21 bits per heavy atom. The lowest BCUT2D eigenvalue weighted by atomic mass is 9.81. The second kappa shape index (κ2) is 14.1. The summed E-state index contributed by atoms with van der Waals surface area (Å²) in [7, 11) is 0. The van der Waals surface area contributed by atoms with Gasteiger partial charge in [-0.2, -0.15) is 0 Å². The number of para-hydroxylation sites is 3. The fourth-order valence-electron chi connectivity index (χ4n) is 5.69. The molecule has 1 aliphatic heterocycles. The second-order valence-electron chi connectivity index (χ2n) is 11.4. The predicted molar refractivity (Wildman–Crippen MR) is 165 cm³/mol. The first-order valence-corrected chi connectivity index (χ1v) is 14.8. The summed E-state index contributed by atoms with van der Waals surface area (Å²) in [6.07, 6.45) is 2.66. The zero-order chi connectivity index (χ0) is 30.2. The first kappa shape index (κ1) is 30.8. The molecule has 1 heterocycles. The lowest BCUT2D eigenvalue weighted by Gasteiger charge is -2.30. The molecule has 222 valence electrons. The highest BCUT2D eigenvalue weighted by atomic mass is 19.1. The molecule has 3 amide bonds. The van der Waals surface area contributed by atoms with Crippen LogP contribution in [0.1, 0.15) is 52.0 Å². The zero-order valence-corrected chi connectivity index (χ0v) is 24.6. The molecular formula is C34H41FN4O3. The third-order valence-electron chi connectivity index (χ3n) is 7.81. The molecule has 42 heavy (non-hydrogen) atoms. The first-order chi connectivity index (χ1) is 20.2.